The number of nitrogens with two attached hydrogens (primary N) is 1. The number of nitrogens with one attached hydrogen (secondary N) is 1. The number of H-pyrrole nitrogens is 1. The van der Waals surface area contributed by atoms with Gasteiger partial charge in [-0.2, -0.15) is 5.10 Å². The maximum Gasteiger partial charge on any atom is 0.220 e. The summed E-state index contributed by atoms with van der Waals surface area (Å²) in [7, 11) is 0. The van der Waals surface area contributed by atoms with Crippen LogP contribution in [0.1, 0.15) is 30.0 Å². The summed E-state index contributed by atoms with van der Waals surface area (Å²) in [6.45, 7) is 2.96. The van der Waals surface area contributed by atoms with E-state index in [0.29, 0.717) is 11.9 Å². The first kappa shape index (κ1) is 15.8. The van der Waals surface area contributed by atoms with Crippen LogP contribution in [0.4, 0.5) is 5.95 Å². The van der Waals surface area contributed by atoms with Crippen molar-refractivity contribution < 1.29 is 0 Å². The summed E-state index contributed by atoms with van der Waals surface area (Å²) in [5.74, 6) is 0.766. The maximum absolute atomic E-state index is 5.75. The van der Waals surface area contributed by atoms with Crippen LogP contribution in [0.25, 0.3) is 11.3 Å². The van der Waals surface area contributed by atoms with Crippen LogP contribution in [-0.4, -0.2) is 38.2 Å². The number of likely N-dealkylation sites (tertiary alicyclic amines) is 1. The molecule has 0 radical (unpaired) electrons. The molecule has 128 valence electrons. The molecule has 25 heavy (non-hydrogen) atoms. The van der Waals surface area contributed by atoms with Crippen LogP contribution in [0, 0.1) is 0 Å². The average molecular weight is 334 g/mol. The predicted molar refractivity (Wildman–Crippen MR) is 97.7 cm³/mol. The SMILES string of the molecule is Nc1nccc([C@H]2CCCN(Cc3cn[nH]c3-c3ccccc3)C2)n1. The second kappa shape index (κ2) is 7.03. The molecular formula is C19H22N6. The van der Waals surface area contributed by atoms with Gasteiger partial charge >= 0.3 is 0 Å². The quantitative estimate of drug-likeness (QED) is 0.766. The highest BCUT2D eigenvalue weighted by Gasteiger charge is 2.23. The molecule has 0 spiro atoms. The van der Waals surface area contributed by atoms with Gasteiger partial charge in [0, 0.05) is 30.8 Å². The number of aromatic nitrogens is 4. The van der Waals surface area contributed by atoms with Crippen LogP contribution in [0.2, 0.25) is 0 Å². The summed E-state index contributed by atoms with van der Waals surface area (Å²) in [5.41, 5.74) is 10.3. The van der Waals surface area contributed by atoms with Gasteiger partial charge in [-0.1, -0.05) is 30.3 Å². The number of nitrogen functional groups attached to an aromatic ring is 1. The van der Waals surface area contributed by atoms with Gasteiger partial charge in [-0.3, -0.25) is 10.00 Å². The van der Waals surface area contributed by atoms with E-state index < -0.39 is 0 Å². The Labute approximate surface area is 147 Å². The summed E-state index contributed by atoms with van der Waals surface area (Å²) in [5, 5.41) is 7.41. The van der Waals surface area contributed by atoms with E-state index in [1.165, 1.54) is 11.1 Å². The number of benzene rings is 1. The van der Waals surface area contributed by atoms with Crippen molar-refractivity contribution in [2.75, 3.05) is 18.8 Å². The Morgan fingerprint density at radius 1 is 1.20 bits per heavy atom. The van der Waals surface area contributed by atoms with Gasteiger partial charge in [-0.05, 0) is 31.0 Å². The molecule has 3 aromatic rings. The lowest BCUT2D eigenvalue weighted by Gasteiger charge is -2.32. The van der Waals surface area contributed by atoms with Gasteiger partial charge < -0.3 is 5.73 Å². The number of hydrogen-bond acceptors (Lipinski definition) is 5. The monoisotopic (exact) mass is 334 g/mol. The van der Waals surface area contributed by atoms with E-state index in [4.69, 9.17) is 5.73 Å². The zero-order valence-electron chi connectivity index (χ0n) is 14.1. The summed E-state index contributed by atoms with van der Waals surface area (Å²) in [6.07, 6.45) is 5.99. The Balaban J connectivity index is 1.49. The van der Waals surface area contributed by atoms with E-state index in [1.54, 1.807) is 6.20 Å². The number of aromatic amines is 1. The smallest absolute Gasteiger partial charge is 0.220 e. The first-order valence-electron chi connectivity index (χ1n) is 8.68. The fourth-order valence-corrected chi connectivity index (χ4v) is 3.58. The van der Waals surface area contributed by atoms with Crippen molar-refractivity contribution >= 4 is 5.95 Å². The van der Waals surface area contributed by atoms with Gasteiger partial charge in [0.2, 0.25) is 5.95 Å². The molecule has 1 aliphatic rings. The molecule has 1 aromatic carbocycles. The van der Waals surface area contributed by atoms with E-state index >= 15 is 0 Å². The Morgan fingerprint density at radius 3 is 2.92 bits per heavy atom. The summed E-state index contributed by atoms with van der Waals surface area (Å²) in [4.78, 5) is 10.9. The third-order valence-corrected chi connectivity index (χ3v) is 4.79. The number of hydrogen-bond donors (Lipinski definition) is 2. The van der Waals surface area contributed by atoms with Gasteiger partial charge in [-0.25, -0.2) is 9.97 Å². The van der Waals surface area contributed by atoms with Crippen molar-refractivity contribution in [1.82, 2.24) is 25.1 Å². The minimum Gasteiger partial charge on any atom is -0.368 e. The van der Waals surface area contributed by atoms with Crippen LogP contribution in [-0.2, 0) is 6.54 Å². The summed E-state index contributed by atoms with van der Waals surface area (Å²) in [6, 6.07) is 12.3. The fraction of sp³-hybridized carbons (Fsp3) is 0.316. The standard InChI is InChI=1S/C19H22N6/c20-19-21-9-8-17(23-19)15-7-4-10-25(12-15)13-16-11-22-24-18(16)14-5-2-1-3-6-14/h1-3,5-6,8-9,11,15H,4,7,10,12-13H2,(H,22,24)(H2,20,21,23)/t15-/m0/s1. The molecule has 0 amide bonds. The van der Waals surface area contributed by atoms with Crippen molar-refractivity contribution in [2.45, 2.75) is 25.3 Å². The lowest BCUT2D eigenvalue weighted by atomic mass is 9.94. The molecule has 4 rings (SSSR count). The number of piperidine rings is 1. The van der Waals surface area contributed by atoms with Crippen LogP contribution < -0.4 is 5.73 Å². The lowest BCUT2D eigenvalue weighted by Crippen LogP contribution is -2.34. The normalized spacial score (nSPS) is 18.3. The molecule has 2 aromatic heterocycles. The number of anilines is 1. The van der Waals surface area contributed by atoms with Crippen molar-refractivity contribution in [1.29, 1.82) is 0 Å². The highest BCUT2D eigenvalue weighted by molar-refractivity contribution is 5.62. The van der Waals surface area contributed by atoms with E-state index in [0.717, 1.165) is 43.9 Å². The molecule has 0 bridgehead atoms. The Kier molecular flexibility index (Phi) is 4.43. The summed E-state index contributed by atoms with van der Waals surface area (Å²) >= 11 is 0. The van der Waals surface area contributed by atoms with Gasteiger partial charge in [0.25, 0.3) is 0 Å². The van der Waals surface area contributed by atoms with E-state index in [-0.39, 0.29) is 0 Å². The zero-order chi connectivity index (χ0) is 17.1. The molecule has 0 aliphatic carbocycles. The summed E-state index contributed by atoms with van der Waals surface area (Å²) < 4.78 is 0. The van der Waals surface area contributed by atoms with E-state index in [9.17, 15) is 0 Å². The Morgan fingerprint density at radius 2 is 2.08 bits per heavy atom. The van der Waals surface area contributed by atoms with Crippen molar-refractivity contribution in [2.24, 2.45) is 0 Å². The minimum absolute atomic E-state index is 0.357. The molecule has 6 heteroatoms. The molecule has 6 nitrogen and oxygen atoms in total. The lowest BCUT2D eigenvalue weighted by molar-refractivity contribution is 0.199. The van der Waals surface area contributed by atoms with Crippen molar-refractivity contribution in [3.63, 3.8) is 0 Å². The van der Waals surface area contributed by atoms with Crippen LogP contribution in [0.3, 0.4) is 0 Å². The molecular weight excluding hydrogens is 312 g/mol. The largest absolute Gasteiger partial charge is 0.368 e. The molecule has 1 aliphatic heterocycles. The zero-order valence-corrected chi connectivity index (χ0v) is 14.1. The van der Waals surface area contributed by atoms with Gasteiger partial charge in [0.15, 0.2) is 0 Å². The van der Waals surface area contributed by atoms with Gasteiger partial charge in [0.05, 0.1) is 17.6 Å². The maximum atomic E-state index is 5.75. The average Bonchev–Trinajstić information content (AvgIpc) is 3.11. The topological polar surface area (TPSA) is 83.7 Å². The minimum atomic E-state index is 0.357. The second-order valence-electron chi connectivity index (χ2n) is 6.55. The van der Waals surface area contributed by atoms with Crippen LogP contribution in [0.15, 0.2) is 48.8 Å². The first-order valence-corrected chi connectivity index (χ1v) is 8.68. The molecule has 1 fully saturated rings. The molecule has 3 N–H and O–H groups in total. The van der Waals surface area contributed by atoms with Crippen molar-refractivity contribution in [3.05, 3.63) is 60.0 Å². The number of nitrogens with zero attached hydrogens (tertiary/aromatic N) is 4. The van der Waals surface area contributed by atoms with Crippen LogP contribution >= 0.6 is 0 Å². The third-order valence-electron chi connectivity index (χ3n) is 4.79. The molecule has 1 saturated heterocycles. The molecule has 0 unspecified atom stereocenters. The second-order valence-corrected chi connectivity index (χ2v) is 6.55. The Bertz CT molecular complexity index is 829. The predicted octanol–water partition coefficient (Wildman–Crippen LogP) is 2.83. The fourth-order valence-electron chi connectivity index (χ4n) is 3.58. The molecule has 3 heterocycles. The first-order chi connectivity index (χ1) is 12.3. The van der Waals surface area contributed by atoms with E-state index in [1.807, 2.05) is 18.3 Å². The third kappa shape index (κ3) is 3.53. The van der Waals surface area contributed by atoms with Crippen molar-refractivity contribution in [3.8, 4) is 11.3 Å². The molecule has 1 atom stereocenters. The molecule has 0 saturated carbocycles. The van der Waals surface area contributed by atoms with E-state index in [2.05, 4.69) is 49.3 Å². The highest BCUT2D eigenvalue weighted by atomic mass is 15.2. The van der Waals surface area contributed by atoms with Gasteiger partial charge in [0.1, 0.15) is 0 Å². The number of rotatable bonds is 4. The van der Waals surface area contributed by atoms with Crippen LogP contribution in [0.5, 0.6) is 0 Å². The Hall–Kier alpha value is -2.73. The highest BCUT2D eigenvalue weighted by Crippen LogP contribution is 2.28. The van der Waals surface area contributed by atoms with Gasteiger partial charge in [-0.15, -0.1) is 0 Å².